The Morgan fingerprint density at radius 1 is 1.14 bits per heavy atom. The molecule has 1 atom stereocenters. The molecule has 4 rings (SSSR count). The highest BCUT2D eigenvalue weighted by molar-refractivity contribution is 5.88. The monoisotopic (exact) mass is 585 g/mol. The third kappa shape index (κ3) is 7.47. The minimum atomic E-state index is -0.948. The first-order valence-corrected chi connectivity index (χ1v) is 13.9. The van der Waals surface area contributed by atoms with Gasteiger partial charge in [-0.25, -0.2) is 23.9 Å². The van der Waals surface area contributed by atoms with Gasteiger partial charge in [-0.2, -0.15) is 0 Å². The average molecular weight is 586 g/mol. The van der Waals surface area contributed by atoms with Crippen LogP contribution in [0, 0.1) is 12.7 Å². The standard InChI is InChI=1S/C30H40FN5O6/c1-17-13-19(35(8)27(38)41-29(2,3)4)15-22(32-17)34-26-24(31)23(25-21(33-26)10-12-40-25)18-9-11-36(16-20(37)14-18)28(39)42-30(5,6)7/h9,13,15,20,37H,10-12,14,16H2,1-8H3,(H,32,33,34)/t20-/m1/s1. The van der Waals surface area contributed by atoms with Crippen LogP contribution in [0.4, 0.5) is 31.3 Å². The van der Waals surface area contributed by atoms with Crippen LogP contribution in [0.25, 0.3) is 5.57 Å². The van der Waals surface area contributed by atoms with Crippen LogP contribution in [0.1, 0.15) is 64.9 Å². The normalized spacial score (nSPS) is 17.0. The van der Waals surface area contributed by atoms with E-state index in [2.05, 4.69) is 15.3 Å². The number of hydrogen-bond acceptors (Lipinski definition) is 9. The van der Waals surface area contributed by atoms with Crippen LogP contribution in [0.5, 0.6) is 5.75 Å². The molecule has 12 heteroatoms. The summed E-state index contributed by atoms with van der Waals surface area (Å²) in [5, 5.41) is 13.8. The molecule has 0 saturated carbocycles. The van der Waals surface area contributed by atoms with E-state index in [9.17, 15) is 14.7 Å². The van der Waals surface area contributed by atoms with Gasteiger partial charge in [-0.05, 0) is 60.1 Å². The maximum atomic E-state index is 16.3. The average Bonchev–Trinajstić information content (AvgIpc) is 3.22. The van der Waals surface area contributed by atoms with Crippen LogP contribution in [0.15, 0.2) is 18.2 Å². The Bertz CT molecular complexity index is 1400. The van der Waals surface area contributed by atoms with Gasteiger partial charge in [0.25, 0.3) is 0 Å². The number of carbonyl (C=O) groups excluding carboxylic acids is 2. The number of β-amino-alcohol motifs (C(OH)–C–C–N with tert-alkyl or cyclic N) is 1. The number of halogens is 1. The van der Waals surface area contributed by atoms with Gasteiger partial charge in [-0.3, -0.25) is 4.90 Å². The molecule has 228 valence electrons. The molecule has 4 heterocycles. The topological polar surface area (TPSA) is 126 Å². The zero-order valence-electron chi connectivity index (χ0n) is 25.5. The summed E-state index contributed by atoms with van der Waals surface area (Å²) in [6.45, 7) is 12.9. The van der Waals surface area contributed by atoms with Crippen molar-refractivity contribution in [3.63, 3.8) is 0 Å². The lowest BCUT2D eigenvalue weighted by molar-refractivity contribution is 0.0186. The fourth-order valence-corrected chi connectivity index (χ4v) is 4.64. The number of nitrogens with one attached hydrogen (secondary N) is 1. The van der Waals surface area contributed by atoms with Crippen molar-refractivity contribution >= 4 is 35.1 Å². The van der Waals surface area contributed by atoms with Crippen molar-refractivity contribution in [1.82, 2.24) is 14.9 Å². The summed E-state index contributed by atoms with van der Waals surface area (Å²) in [4.78, 5) is 37.0. The van der Waals surface area contributed by atoms with Gasteiger partial charge < -0.3 is 29.5 Å². The van der Waals surface area contributed by atoms with Gasteiger partial charge in [0, 0.05) is 38.2 Å². The van der Waals surface area contributed by atoms with Crippen molar-refractivity contribution in [1.29, 1.82) is 0 Å². The quantitative estimate of drug-likeness (QED) is 0.488. The van der Waals surface area contributed by atoms with E-state index in [4.69, 9.17) is 14.2 Å². The van der Waals surface area contributed by atoms with E-state index in [1.54, 1.807) is 73.7 Å². The largest absolute Gasteiger partial charge is 0.491 e. The summed E-state index contributed by atoms with van der Waals surface area (Å²) in [6.07, 6.45) is 0.240. The summed E-state index contributed by atoms with van der Waals surface area (Å²) in [5.74, 6) is -0.139. The van der Waals surface area contributed by atoms with E-state index in [1.807, 2.05) is 0 Å². The molecule has 11 nitrogen and oxygen atoms in total. The molecule has 0 aromatic carbocycles. The van der Waals surface area contributed by atoms with Gasteiger partial charge in [0.05, 0.1) is 36.2 Å². The van der Waals surface area contributed by atoms with Crippen LogP contribution in [-0.4, -0.2) is 76.2 Å². The Labute approximate surface area is 245 Å². The molecule has 0 bridgehead atoms. The maximum absolute atomic E-state index is 16.3. The SMILES string of the molecule is Cc1cc(N(C)C(=O)OC(C)(C)C)cc(Nc2nc3c(c(C4=CCN(C(=O)OC(C)(C)C)C[C@H](O)C4)c2F)OCC3)n1. The lowest BCUT2D eigenvalue weighted by atomic mass is 9.98. The fraction of sp³-hybridized carbons (Fsp3) is 0.533. The Balaban J connectivity index is 1.67. The molecule has 2 aromatic heterocycles. The number of pyridine rings is 2. The molecule has 2 amide bonds. The molecule has 0 fully saturated rings. The first-order valence-electron chi connectivity index (χ1n) is 13.9. The number of rotatable bonds is 4. The number of nitrogens with zero attached hydrogens (tertiary/aromatic N) is 4. The van der Waals surface area contributed by atoms with Gasteiger partial charge in [-0.15, -0.1) is 0 Å². The number of ether oxygens (including phenoxy) is 3. The van der Waals surface area contributed by atoms with Gasteiger partial charge in [0.2, 0.25) is 0 Å². The molecule has 42 heavy (non-hydrogen) atoms. The van der Waals surface area contributed by atoms with Gasteiger partial charge >= 0.3 is 12.2 Å². The van der Waals surface area contributed by atoms with E-state index >= 15 is 4.39 Å². The number of aryl methyl sites for hydroxylation is 1. The zero-order chi connectivity index (χ0) is 31.0. The predicted octanol–water partition coefficient (Wildman–Crippen LogP) is 5.36. The van der Waals surface area contributed by atoms with Crippen LogP contribution >= 0.6 is 0 Å². The van der Waals surface area contributed by atoms with Crippen molar-refractivity contribution in [3.8, 4) is 5.75 Å². The zero-order valence-corrected chi connectivity index (χ0v) is 25.5. The van der Waals surface area contributed by atoms with Crippen molar-refractivity contribution in [3.05, 3.63) is 41.0 Å². The van der Waals surface area contributed by atoms with E-state index < -0.39 is 35.3 Å². The number of anilines is 3. The Hall–Kier alpha value is -3.93. The lowest BCUT2D eigenvalue weighted by Gasteiger charge is -2.26. The molecule has 0 spiro atoms. The molecule has 0 saturated heterocycles. The summed E-state index contributed by atoms with van der Waals surface area (Å²) in [7, 11) is 1.58. The van der Waals surface area contributed by atoms with Crippen LogP contribution in [0.3, 0.4) is 0 Å². The Kier molecular flexibility index (Phi) is 8.68. The minimum Gasteiger partial charge on any atom is -0.491 e. The summed E-state index contributed by atoms with van der Waals surface area (Å²) < 4.78 is 33.0. The third-order valence-corrected chi connectivity index (χ3v) is 6.41. The number of fused-ring (bicyclic) bond motifs is 1. The molecule has 0 radical (unpaired) electrons. The number of hydrogen-bond donors (Lipinski definition) is 2. The van der Waals surface area contributed by atoms with Gasteiger partial charge in [0.1, 0.15) is 17.0 Å². The number of amides is 2. The van der Waals surface area contributed by atoms with E-state index in [-0.39, 0.29) is 36.7 Å². The second kappa shape index (κ2) is 11.7. The highest BCUT2D eigenvalue weighted by Crippen LogP contribution is 2.40. The number of aliphatic hydroxyl groups excluding tert-OH is 1. The number of aromatic nitrogens is 2. The van der Waals surface area contributed by atoms with Crippen LogP contribution in [0.2, 0.25) is 0 Å². The highest BCUT2D eigenvalue weighted by atomic mass is 19.1. The summed E-state index contributed by atoms with van der Waals surface area (Å²) in [6, 6.07) is 3.32. The smallest absolute Gasteiger partial charge is 0.414 e. The second-order valence-corrected chi connectivity index (χ2v) is 12.5. The number of carbonyl (C=O) groups is 2. The third-order valence-electron chi connectivity index (χ3n) is 6.41. The van der Waals surface area contributed by atoms with Crippen molar-refractivity contribution < 1.29 is 33.3 Å². The molecule has 2 N–H and O–H groups in total. The first-order chi connectivity index (χ1) is 19.5. The van der Waals surface area contributed by atoms with Gasteiger partial charge in [0.15, 0.2) is 17.4 Å². The Morgan fingerprint density at radius 3 is 2.50 bits per heavy atom. The lowest BCUT2D eigenvalue weighted by Crippen LogP contribution is -2.40. The van der Waals surface area contributed by atoms with E-state index in [0.29, 0.717) is 41.4 Å². The van der Waals surface area contributed by atoms with Crippen LogP contribution in [-0.2, 0) is 15.9 Å². The molecule has 2 aliphatic rings. The summed E-state index contributed by atoms with van der Waals surface area (Å²) >= 11 is 0. The van der Waals surface area contributed by atoms with Crippen LogP contribution < -0.4 is 15.0 Å². The molecule has 2 aromatic rings. The fourth-order valence-electron chi connectivity index (χ4n) is 4.64. The van der Waals surface area contributed by atoms with Crippen molar-refractivity contribution in [2.45, 2.75) is 78.6 Å². The molecular weight excluding hydrogens is 545 g/mol. The maximum Gasteiger partial charge on any atom is 0.414 e. The van der Waals surface area contributed by atoms with E-state index in [0.717, 1.165) is 0 Å². The first kappa shape index (κ1) is 31.0. The van der Waals surface area contributed by atoms with Crippen molar-refractivity contribution in [2.24, 2.45) is 0 Å². The molecular formula is C30H40FN5O6. The van der Waals surface area contributed by atoms with Gasteiger partial charge in [-0.1, -0.05) is 6.08 Å². The number of aliphatic hydroxyl groups is 1. The summed E-state index contributed by atoms with van der Waals surface area (Å²) in [5.41, 5.74) is 0.971. The molecule has 0 unspecified atom stereocenters. The van der Waals surface area contributed by atoms with E-state index in [1.165, 1.54) is 9.80 Å². The molecule has 0 aliphatic carbocycles. The Morgan fingerprint density at radius 2 is 1.83 bits per heavy atom. The minimum absolute atomic E-state index is 0.0386. The second-order valence-electron chi connectivity index (χ2n) is 12.5. The van der Waals surface area contributed by atoms with Crippen molar-refractivity contribution in [2.75, 3.05) is 37.0 Å². The molecule has 2 aliphatic heterocycles. The highest BCUT2D eigenvalue weighted by Gasteiger charge is 2.32. The predicted molar refractivity (Wildman–Crippen MR) is 157 cm³/mol.